The van der Waals surface area contributed by atoms with E-state index >= 15 is 0 Å². The molecule has 1 saturated heterocycles. The molecular weight excluding hydrogens is 382 g/mol. The standard InChI is InChI=1S/C26H37N5/c1-2-9-18-31(17-8-1)25-21-13-6-7-14-22(21)28-26(30-25)29-24-16-10-15-23(24)27-19-20-11-4-3-5-12-20/h3-5,11-12,23-24,27H,1-2,6-10,13-19H2,(H,28,29,30). The summed E-state index contributed by atoms with van der Waals surface area (Å²) >= 11 is 0. The van der Waals surface area contributed by atoms with Gasteiger partial charge in [-0.15, -0.1) is 0 Å². The Kier molecular flexibility index (Phi) is 6.68. The summed E-state index contributed by atoms with van der Waals surface area (Å²) in [7, 11) is 0. The minimum atomic E-state index is 0.405. The first-order chi connectivity index (χ1) is 15.4. The lowest BCUT2D eigenvalue weighted by Crippen LogP contribution is -2.40. The van der Waals surface area contributed by atoms with Crippen molar-refractivity contribution in [1.82, 2.24) is 15.3 Å². The quantitative estimate of drug-likeness (QED) is 0.700. The van der Waals surface area contributed by atoms with Gasteiger partial charge in [-0.2, -0.15) is 4.98 Å². The molecule has 2 fully saturated rings. The normalized spacial score (nSPS) is 23.9. The van der Waals surface area contributed by atoms with Crippen molar-refractivity contribution in [2.45, 2.75) is 89.3 Å². The van der Waals surface area contributed by atoms with Gasteiger partial charge in [0.2, 0.25) is 5.95 Å². The van der Waals surface area contributed by atoms with Crippen LogP contribution in [0.1, 0.15) is 74.6 Å². The van der Waals surface area contributed by atoms with Crippen LogP contribution in [-0.2, 0) is 19.4 Å². The molecule has 2 aromatic rings. The van der Waals surface area contributed by atoms with Crippen LogP contribution in [0.2, 0.25) is 0 Å². The number of anilines is 2. The zero-order chi connectivity index (χ0) is 20.9. The lowest BCUT2D eigenvalue weighted by Gasteiger charge is -2.29. The maximum atomic E-state index is 5.14. The van der Waals surface area contributed by atoms with Crippen molar-refractivity contribution in [3.8, 4) is 0 Å². The predicted octanol–water partition coefficient (Wildman–Crippen LogP) is 4.86. The van der Waals surface area contributed by atoms with Crippen LogP contribution in [0.4, 0.5) is 11.8 Å². The highest BCUT2D eigenvalue weighted by atomic mass is 15.2. The van der Waals surface area contributed by atoms with Crippen molar-refractivity contribution >= 4 is 11.8 Å². The zero-order valence-corrected chi connectivity index (χ0v) is 18.8. The van der Waals surface area contributed by atoms with E-state index in [0.29, 0.717) is 12.1 Å². The van der Waals surface area contributed by atoms with Gasteiger partial charge in [0.15, 0.2) is 0 Å². The highest BCUT2D eigenvalue weighted by molar-refractivity contribution is 5.54. The molecule has 5 heteroatoms. The summed E-state index contributed by atoms with van der Waals surface area (Å²) in [6.45, 7) is 3.22. The number of hydrogen-bond acceptors (Lipinski definition) is 5. The second-order valence-electron chi connectivity index (χ2n) is 9.56. The van der Waals surface area contributed by atoms with E-state index in [4.69, 9.17) is 9.97 Å². The molecule has 2 heterocycles. The van der Waals surface area contributed by atoms with Crippen LogP contribution < -0.4 is 15.5 Å². The Morgan fingerprint density at radius 3 is 2.42 bits per heavy atom. The Morgan fingerprint density at radius 2 is 1.58 bits per heavy atom. The number of nitrogens with one attached hydrogen (secondary N) is 2. The van der Waals surface area contributed by atoms with Crippen LogP contribution in [-0.4, -0.2) is 35.1 Å². The van der Waals surface area contributed by atoms with Crippen LogP contribution in [0.5, 0.6) is 0 Å². The second-order valence-corrected chi connectivity index (χ2v) is 9.56. The van der Waals surface area contributed by atoms with Crippen LogP contribution >= 0.6 is 0 Å². The number of hydrogen-bond donors (Lipinski definition) is 2. The van der Waals surface area contributed by atoms with Gasteiger partial charge in [-0.05, 0) is 63.4 Å². The third-order valence-electron chi connectivity index (χ3n) is 7.31. The van der Waals surface area contributed by atoms with Crippen molar-refractivity contribution in [3.63, 3.8) is 0 Å². The Bertz CT molecular complexity index is 844. The Balaban J connectivity index is 1.32. The highest BCUT2D eigenvalue weighted by Gasteiger charge is 2.29. The van der Waals surface area contributed by atoms with Gasteiger partial charge in [-0.3, -0.25) is 0 Å². The number of aromatic nitrogens is 2. The molecule has 1 saturated carbocycles. The lowest BCUT2D eigenvalue weighted by atomic mass is 9.96. The Morgan fingerprint density at radius 1 is 0.806 bits per heavy atom. The molecule has 1 aliphatic heterocycles. The molecule has 5 nitrogen and oxygen atoms in total. The number of fused-ring (bicyclic) bond motifs is 1. The van der Waals surface area contributed by atoms with Crippen molar-refractivity contribution in [3.05, 3.63) is 47.2 Å². The molecule has 0 amide bonds. The number of aryl methyl sites for hydroxylation is 1. The van der Waals surface area contributed by atoms with Crippen molar-refractivity contribution < 1.29 is 0 Å². The monoisotopic (exact) mass is 419 g/mol. The van der Waals surface area contributed by atoms with Crippen molar-refractivity contribution in [2.75, 3.05) is 23.3 Å². The van der Waals surface area contributed by atoms with Crippen molar-refractivity contribution in [1.29, 1.82) is 0 Å². The molecule has 2 atom stereocenters. The molecule has 31 heavy (non-hydrogen) atoms. The van der Waals surface area contributed by atoms with E-state index in [1.165, 1.54) is 80.4 Å². The summed E-state index contributed by atoms with van der Waals surface area (Å²) in [5.74, 6) is 2.10. The first-order valence-electron chi connectivity index (χ1n) is 12.6. The molecule has 2 aliphatic carbocycles. The molecule has 166 valence electrons. The fraction of sp³-hybridized carbons (Fsp3) is 0.615. The Labute approximate surface area is 187 Å². The minimum Gasteiger partial charge on any atom is -0.356 e. The predicted molar refractivity (Wildman–Crippen MR) is 128 cm³/mol. The van der Waals surface area contributed by atoms with Crippen molar-refractivity contribution in [2.24, 2.45) is 0 Å². The summed E-state index contributed by atoms with van der Waals surface area (Å²) in [6.07, 6.45) is 13.7. The van der Waals surface area contributed by atoms with Gasteiger partial charge in [0, 0.05) is 37.3 Å². The molecular formula is C26H37N5. The van der Waals surface area contributed by atoms with Gasteiger partial charge in [-0.1, -0.05) is 43.2 Å². The van der Waals surface area contributed by atoms with E-state index in [0.717, 1.165) is 38.4 Å². The van der Waals surface area contributed by atoms with E-state index in [1.807, 2.05) is 0 Å². The van der Waals surface area contributed by atoms with Gasteiger partial charge < -0.3 is 15.5 Å². The smallest absolute Gasteiger partial charge is 0.225 e. The molecule has 3 aliphatic rings. The largest absolute Gasteiger partial charge is 0.356 e. The van der Waals surface area contributed by atoms with Crippen LogP contribution in [0.15, 0.2) is 30.3 Å². The topological polar surface area (TPSA) is 53.1 Å². The number of nitrogens with zero attached hydrogens (tertiary/aromatic N) is 3. The fourth-order valence-corrected chi connectivity index (χ4v) is 5.57. The lowest BCUT2D eigenvalue weighted by molar-refractivity contribution is 0.491. The van der Waals surface area contributed by atoms with Gasteiger partial charge in [0.25, 0.3) is 0 Å². The highest BCUT2D eigenvalue weighted by Crippen LogP contribution is 2.31. The van der Waals surface area contributed by atoms with Gasteiger partial charge in [-0.25, -0.2) is 4.98 Å². The first kappa shape index (κ1) is 20.7. The molecule has 2 N–H and O–H groups in total. The summed E-state index contributed by atoms with van der Waals surface area (Å²) < 4.78 is 0. The second kappa shape index (κ2) is 9.99. The summed E-state index contributed by atoms with van der Waals surface area (Å²) in [5, 5.41) is 7.55. The number of benzene rings is 1. The van der Waals surface area contributed by atoms with Crippen LogP contribution in [0.3, 0.4) is 0 Å². The summed E-state index contributed by atoms with van der Waals surface area (Å²) in [4.78, 5) is 12.7. The maximum absolute atomic E-state index is 5.14. The third-order valence-corrected chi connectivity index (χ3v) is 7.31. The van der Waals surface area contributed by atoms with Crippen LogP contribution in [0.25, 0.3) is 0 Å². The van der Waals surface area contributed by atoms with Crippen LogP contribution in [0, 0.1) is 0 Å². The Hall–Kier alpha value is -2.14. The fourth-order valence-electron chi connectivity index (χ4n) is 5.57. The minimum absolute atomic E-state index is 0.405. The zero-order valence-electron chi connectivity index (χ0n) is 18.8. The van der Waals surface area contributed by atoms with E-state index < -0.39 is 0 Å². The molecule has 0 bridgehead atoms. The van der Waals surface area contributed by atoms with E-state index in [2.05, 4.69) is 45.9 Å². The van der Waals surface area contributed by atoms with Gasteiger partial charge >= 0.3 is 0 Å². The average Bonchev–Trinajstić information content (AvgIpc) is 3.07. The SMILES string of the molecule is c1ccc(CNC2CCCC2Nc2nc3c(c(N4CCCCCC4)n2)CCCC3)cc1. The summed E-state index contributed by atoms with van der Waals surface area (Å²) in [5.41, 5.74) is 4.08. The van der Waals surface area contributed by atoms with E-state index in [1.54, 1.807) is 0 Å². The van der Waals surface area contributed by atoms with Gasteiger partial charge in [0.05, 0.1) is 5.69 Å². The average molecular weight is 420 g/mol. The van der Waals surface area contributed by atoms with E-state index in [-0.39, 0.29) is 0 Å². The molecule has 2 unspecified atom stereocenters. The first-order valence-corrected chi connectivity index (χ1v) is 12.6. The molecule has 0 spiro atoms. The molecule has 0 radical (unpaired) electrons. The molecule has 5 rings (SSSR count). The number of rotatable bonds is 6. The maximum Gasteiger partial charge on any atom is 0.225 e. The summed E-state index contributed by atoms with van der Waals surface area (Å²) in [6, 6.07) is 11.6. The molecule has 1 aromatic heterocycles. The van der Waals surface area contributed by atoms with E-state index in [9.17, 15) is 0 Å². The molecule has 1 aromatic carbocycles. The van der Waals surface area contributed by atoms with Gasteiger partial charge in [0.1, 0.15) is 5.82 Å². The third kappa shape index (κ3) is 5.03.